The molecular formula is C19H18ClN7O6S2. The minimum atomic E-state index is -1.24. The second-order valence-electron chi connectivity index (χ2n) is 7.28. The Kier molecular flexibility index (Phi) is 7.18. The van der Waals surface area contributed by atoms with E-state index in [1.165, 1.54) is 58.4 Å². The van der Waals surface area contributed by atoms with Crippen LogP contribution in [-0.4, -0.2) is 88.8 Å². The molecule has 4 rings (SSSR count). The second-order valence-corrected chi connectivity index (χ2v) is 9.74. The molecule has 2 amide bonds. The fourth-order valence-electron chi connectivity index (χ4n) is 3.47. The normalized spacial score (nSPS) is 19.8. The van der Waals surface area contributed by atoms with E-state index in [1.807, 2.05) is 0 Å². The van der Waals surface area contributed by atoms with Crippen molar-refractivity contribution in [2.75, 3.05) is 18.6 Å². The third kappa shape index (κ3) is 4.78. The van der Waals surface area contributed by atoms with Gasteiger partial charge < -0.3 is 20.4 Å². The van der Waals surface area contributed by atoms with Crippen LogP contribution in [0.2, 0.25) is 5.02 Å². The van der Waals surface area contributed by atoms with Crippen LogP contribution in [0.25, 0.3) is 0 Å². The predicted octanol–water partition coefficient (Wildman–Crippen LogP) is 0.451. The van der Waals surface area contributed by atoms with Crippen LogP contribution in [0, 0.1) is 0 Å². The SMILES string of the molecule is CO/N=C(/C(=O)NC1C(=O)N2C(C(=O)O)=C(CSc3nnnn3C)CS[C@H]12)c1ccc(O)c(Cl)c1. The zero-order valence-corrected chi connectivity index (χ0v) is 20.6. The summed E-state index contributed by atoms with van der Waals surface area (Å²) >= 11 is 8.52. The number of hydrogen-bond donors (Lipinski definition) is 3. The Balaban J connectivity index is 1.51. The molecule has 2 aromatic rings. The fourth-order valence-corrected chi connectivity index (χ4v) is 5.99. The van der Waals surface area contributed by atoms with Gasteiger partial charge in [0, 0.05) is 24.1 Å². The molecule has 13 nitrogen and oxygen atoms in total. The van der Waals surface area contributed by atoms with Gasteiger partial charge in [-0.1, -0.05) is 28.5 Å². The van der Waals surface area contributed by atoms with Crippen molar-refractivity contribution < 1.29 is 29.4 Å². The van der Waals surface area contributed by atoms with E-state index in [0.29, 0.717) is 16.5 Å². The second kappa shape index (κ2) is 10.1. The van der Waals surface area contributed by atoms with Gasteiger partial charge in [0.25, 0.3) is 11.8 Å². The van der Waals surface area contributed by atoms with E-state index in [-0.39, 0.29) is 33.5 Å². The number of amides is 2. The van der Waals surface area contributed by atoms with Crippen LogP contribution >= 0.6 is 35.1 Å². The van der Waals surface area contributed by atoms with Crippen LogP contribution in [-0.2, 0) is 26.3 Å². The van der Waals surface area contributed by atoms with Gasteiger partial charge in [-0.2, -0.15) is 0 Å². The number of aromatic nitrogens is 4. The molecule has 1 fully saturated rings. The number of β-lactam (4-membered cyclic amide) rings is 1. The molecule has 184 valence electrons. The predicted molar refractivity (Wildman–Crippen MR) is 126 cm³/mol. The number of carbonyl (C=O) groups is 3. The third-order valence-corrected chi connectivity index (χ3v) is 7.85. The van der Waals surface area contributed by atoms with Crippen LogP contribution in [0.5, 0.6) is 5.75 Å². The number of fused-ring (bicyclic) bond motifs is 1. The molecule has 1 aromatic heterocycles. The molecule has 0 saturated carbocycles. The monoisotopic (exact) mass is 539 g/mol. The average Bonchev–Trinajstić information content (AvgIpc) is 3.25. The summed E-state index contributed by atoms with van der Waals surface area (Å²) in [7, 11) is 2.92. The number of aromatic hydroxyl groups is 1. The molecule has 1 aromatic carbocycles. The van der Waals surface area contributed by atoms with Crippen LogP contribution in [0.3, 0.4) is 0 Å². The molecule has 1 unspecified atom stereocenters. The number of nitrogens with one attached hydrogen (secondary N) is 1. The summed E-state index contributed by atoms with van der Waals surface area (Å²) < 4.78 is 1.46. The Morgan fingerprint density at radius 3 is 2.83 bits per heavy atom. The molecule has 35 heavy (non-hydrogen) atoms. The van der Waals surface area contributed by atoms with Crippen molar-refractivity contribution in [1.29, 1.82) is 0 Å². The molecule has 1 saturated heterocycles. The van der Waals surface area contributed by atoms with Crippen LogP contribution in [0.15, 0.2) is 39.8 Å². The highest BCUT2D eigenvalue weighted by Crippen LogP contribution is 2.41. The molecule has 3 heterocycles. The van der Waals surface area contributed by atoms with Crippen molar-refractivity contribution in [3.8, 4) is 5.75 Å². The zero-order valence-electron chi connectivity index (χ0n) is 18.2. The van der Waals surface area contributed by atoms with E-state index in [4.69, 9.17) is 16.4 Å². The van der Waals surface area contributed by atoms with E-state index < -0.39 is 29.2 Å². The van der Waals surface area contributed by atoms with Crippen LogP contribution in [0.4, 0.5) is 0 Å². The Morgan fingerprint density at radius 1 is 1.43 bits per heavy atom. The number of phenolic OH excluding ortho intramolecular Hbond substituents is 1. The number of hydrogen-bond acceptors (Lipinski definition) is 11. The number of rotatable bonds is 8. The van der Waals surface area contributed by atoms with Gasteiger partial charge >= 0.3 is 5.97 Å². The summed E-state index contributed by atoms with van der Waals surface area (Å²) in [6, 6.07) is 3.09. The number of halogens is 1. The Bertz CT molecular complexity index is 1270. The van der Waals surface area contributed by atoms with Gasteiger partial charge in [-0.25, -0.2) is 9.48 Å². The molecule has 2 atom stereocenters. The number of nitrogens with zero attached hydrogens (tertiary/aromatic N) is 6. The summed E-state index contributed by atoms with van der Waals surface area (Å²) in [5.74, 6) is -2.06. The summed E-state index contributed by atoms with van der Waals surface area (Å²) in [6.45, 7) is 0. The van der Waals surface area contributed by atoms with Gasteiger partial charge in [-0.15, -0.1) is 16.9 Å². The van der Waals surface area contributed by atoms with Crippen molar-refractivity contribution in [1.82, 2.24) is 30.4 Å². The number of tetrazole rings is 1. The summed E-state index contributed by atoms with van der Waals surface area (Å²) in [6.07, 6.45) is 0. The largest absolute Gasteiger partial charge is 0.506 e. The molecule has 0 spiro atoms. The maximum atomic E-state index is 12.9. The van der Waals surface area contributed by atoms with Gasteiger partial charge in [0.1, 0.15) is 30.0 Å². The molecule has 16 heteroatoms. The van der Waals surface area contributed by atoms with Crippen LogP contribution in [0.1, 0.15) is 5.56 Å². The molecular weight excluding hydrogens is 522 g/mol. The standard InChI is InChI=1S/C19H18ClN7O6S2/c1-26-19(22-24-25-26)35-7-9-6-34-17-13(16(30)27(17)14(9)18(31)32)21-15(29)12(23-33-2)8-3-4-11(28)10(20)5-8/h3-5,13,17,28H,6-7H2,1-2H3,(H,21,29)(H,31,32)/b23-12+/t13?,17-/m1/s1. The molecule has 0 bridgehead atoms. The first-order valence-corrected chi connectivity index (χ1v) is 12.3. The number of carboxylic acid groups (broad SMARTS) is 1. The van der Waals surface area contributed by atoms with Crippen molar-refractivity contribution in [3.63, 3.8) is 0 Å². The molecule has 2 aliphatic rings. The number of carbonyl (C=O) groups excluding carboxylic acids is 2. The Hall–Kier alpha value is -3.30. The van der Waals surface area contributed by atoms with E-state index in [0.717, 1.165) is 0 Å². The smallest absolute Gasteiger partial charge is 0.352 e. The first kappa shape index (κ1) is 24.8. The highest BCUT2D eigenvalue weighted by molar-refractivity contribution is 8.01. The number of phenols is 1. The van der Waals surface area contributed by atoms with E-state index >= 15 is 0 Å². The van der Waals surface area contributed by atoms with Crippen molar-refractivity contribution in [3.05, 3.63) is 40.1 Å². The quantitative estimate of drug-likeness (QED) is 0.184. The first-order valence-electron chi connectivity index (χ1n) is 9.89. The number of aryl methyl sites for hydroxylation is 1. The lowest BCUT2D eigenvalue weighted by Gasteiger charge is -2.49. The van der Waals surface area contributed by atoms with E-state index in [2.05, 4.69) is 26.0 Å². The first-order chi connectivity index (χ1) is 16.7. The van der Waals surface area contributed by atoms with Crippen molar-refractivity contribution >= 4 is 58.6 Å². The van der Waals surface area contributed by atoms with E-state index in [1.54, 1.807) is 7.05 Å². The number of thioether (sulfide) groups is 2. The van der Waals surface area contributed by atoms with Gasteiger partial charge in [0.2, 0.25) is 5.16 Å². The lowest BCUT2D eigenvalue weighted by molar-refractivity contribution is -0.150. The molecule has 3 N–H and O–H groups in total. The summed E-state index contributed by atoms with van der Waals surface area (Å²) in [5, 5.41) is 36.8. The number of aliphatic carboxylic acids is 1. The van der Waals surface area contributed by atoms with Crippen molar-refractivity contribution in [2.45, 2.75) is 16.6 Å². The highest BCUT2D eigenvalue weighted by Gasteiger charge is 2.54. The summed E-state index contributed by atoms with van der Waals surface area (Å²) in [4.78, 5) is 43.8. The minimum absolute atomic E-state index is 0.00609. The van der Waals surface area contributed by atoms with E-state index in [9.17, 15) is 24.6 Å². The number of oxime groups is 1. The van der Waals surface area contributed by atoms with Gasteiger partial charge in [-0.05, 0) is 34.2 Å². The zero-order chi connectivity index (χ0) is 25.3. The Labute approximate surface area is 211 Å². The number of benzene rings is 1. The van der Waals surface area contributed by atoms with Gasteiger partial charge in [0.05, 0.1) is 5.02 Å². The minimum Gasteiger partial charge on any atom is -0.506 e. The average molecular weight is 540 g/mol. The third-order valence-electron chi connectivity index (χ3n) is 5.11. The van der Waals surface area contributed by atoms with Gasteiger partial charge in [0.15, 0.2) is 5.71 Å². The maximum Gasteiger partial charge on any atom is 0.352 e. The maximum absolute atomic E-state index is 12.9. The molecule has 0 radical (unpaired) electrons. The topological polar surface area (TPSA) is 172 Å². The molecule has 2 aliphatic heterocycles. The van der Waals surface area contributed by atoms with Crippen LogP contribution < -0.4 is 5.32 Å². The van der Waals surface area contributed by atoms with Crippen molar-refractivity contribution in [2.24, 2.45) is 12.2 Å². The highest BCUT2D eigenvalue weighted by atomic mass is 35.5. The lowest BCUT2D eigenvalue weighted by Crippen LogP contribution is -2.71. The fraction of sp³-hybridized carbons (Fsp3) is 0.316. The Morgan fingerprint density at radius 2 is 2.20 bits per heavy atom. The molecule has 0 aliphatic carbocycles. The number of carboxylic acids is 1. The lowest BCUT2D eigenvalue weighted by atomic mass is 10.0. The van der Waals surface area contributed by atoms with Gasteiger partial charge in [-0.3, -0.25) is 14.5 Å². The summed E-state index contributed by atoms with van der Waals surface area (Å²) in [5.41, 5.74) is 0.536.